The zero-order chi connectivity index (χ0) is 16.8. The molecule has 0 aliphatic carbocycles. The maximum absolute atomic E-state index is 11.5. The Kier molecular flexibility index (Phi) is 4.92. The summed E-state index contributed by atoms with van der Waals surface area (Å²) >= 11 is 0. The maximum atomic E-state index is 11.5. The molecule has 0 radical (unpaired) electrons. The number of carbonyl (C=O) groups is 1. The van der Waals surface area contributed by atoms with Gasteiger partial charge in [0.05, 0.1) is 5.92 Å². The van der Waals surface area contributed by atoms with E-state index in [-0.39, 0.29) is 5.75 Å². The number of phenolic OH excluding ortho intramolecular Hbond substituents is 1. The normalized spacial score (nSPS) is 11.7. The third-order valence-electron chi connectivity index (χ3n) is 3.88. The van der Waals surface area contributed by atoms with Gasteiger partial charge in [-0.15, -0.1) is 0 Å². The van der Waals surface area contributed by atoms with Crippen LogP contribution in [0.1, 0.15) is 22.6 Å². The minimum absolute atomic E-state index is 0.0570. The van der Waals surface area contributed by atoms with E-state index in [4.69, 9.17) is 4.74 Å². The predicted molar refractivity (Wildman–Crippen MR) is 93.2 cm³/mol. The van der Waals surface area contributed by atoms with Crippen LogP contribution in [0.5, 0.6) is 11.5 Å². The van der Waals surface area contributed by atoms with Crippen molar-refractivity contribution in [3.63, 3.8) is 0 Å². The summed E-state index contributed by atoms with van der Waals surface area (Å²) in [6.07, 6.45) is 0.842. The SMILES string of the molecule is O=CC(c1ccccc1)c1ccc(OCc2ccccc2)cc1O. The van der Waals surface area contributed by atoms with Crippen molar-refractivity contribution >= 4 is 6.29 Å². The Morgan fingerprint density at radius 1 is 0.917 bits per heavy atom. The minimum atomic E-state index is -0.491. The Bertz CT molecular complexity index is 798. The highest BCUT2D eigenvalue weighted by Gasteiger charge is 2.17. The van der Waals surface area contributed by atoms with Gasteiger partial charge in [0.25, 0.3) is 0 Å². The topological polar surface area (TPSA) is 46.5 Å². The predicted octanol–water partition coefficient (Wildman–Crippen LogP) is 4.30. The second-order valence-corrected chi connectivity index (χ2v) is 5.52. The van der Waals surface area contributed by atoms with Crippen molar-refractivity contribution in [3.8, 4) is 11.5 Å². The van der Waals surface area contributed by atoms with Gasteiger partial charge in [-0.1, -0.05) is 66.7 Å². The summed E-state index contributed by atoms with van der Waals surface area (Å²) in [6.45, 7) is 0.426. The van der Waals surface area contributed by atoms with Gasteiger partial charge in [0.1, 0.15) is 24.4 Å². The molecule has 0 saturated carbocycles. The van der Waals surface area contributed by atoms with Gasteiger partial charge in [-0.2, -0.15) is 0 Å². The van der Waals surface area contributed by atoms with E-state index in [1.165, 1.54) is 0 Å². The van der Waals surface area contributed by atoms with Gasteiger partial charge in [0.15, 0.2) is 0 Å². The van der Waals surface area contributed by atoms with Gasteiger partial charge < -0.3 is 14.6 Å². The summed E-state index contributed by atoms with van der Waals surface area (Å²) in [5, 5.41) is 10.3. The Morgan fingerprint density at radius 2 is 1.58 bits per heavy atom. The van der Waals surface area contributed by atoms with Crippen molar-refractivity contribution in [2.45, 2.75) is 12.5 Å². The van der Waals surface area contributed by atoms with E-state index in [1.807, 2.05) is 60.7 Å². The van der Waals surface area contributed by atoms with Crippen LogP contribution in [-0.2, 0) is 11.4 Å². The number of phenols is 1. The van der Waals surface area contributed by atoms with Crippen LogP contribution in [0.3, 0.4) is 0 Å². The monoisotopic (exact) mass is 318 g/mol. The molecule has 1 unspecified atom stereocenters. The van der Waals surface area contributed by atoms with E-state index in [9.17, 15) is 9.90 Å². The van der Waals surface area contributed by atoms with Crippen LogP contribution in [-0.4, -0.2) is 11.4 Å². The second-order valence-electron chi connectivity index (χ2n) is 5.52. The lowest BCUT2D eigenvalue weighted by Gasteiger charge is -2.14. The van der Waals surface area contributed by atoms with Gasteiger partial charge in [-0.05, 0) is 17.2 Å². The molecule has 0 spiro atoms. The summed E-state index contributed by atoms with van der Waals surface area (Å²) in [4.78, 5) is 11.5. The Hall–Kier alpha value is -3.07. The molecule has 24 heavy (non-hydrogen) atoms. The van der Waals surface area contributed by atoms with Gasteiger partial charge >= 0.3 is 0 Å². The first kappa shape index (κ1) is 15.8. The molecular formula is C21H18O3. The minimum Gasteiger partial charge on any atom is -0.507 e. The number of aromatic hydroxyl groups is 1. The van der Waals surface area contributed by atoms with Crippen LogP contribution in [0.2, 0.25) is 0 Å². The first-order valence-electron chi connectivity index (χ1n) is 7.78. The molecule has 0 saturated heterocycles. The summed E-state index contributed by atoms with van der Waals surface area (Å²) in [5.74, 6) is 0.133. The Labute approximate surface area is 141 Å². The van der Waals surface area contributed by atoms with Gasteiger partial charge in [0.2, 0.25) is 0 Å². The zero-order valence-electron chi connectivity index (χ0n) is 13.1. The van der Waals surface area contributed by atoms with E-state index >= 15 is 0 Å². The molecular weight excluding hydrogens is 300 g/mol. The van der Waals surface area contributed by atoms with E-state index in [1.54, 1.807) is 18.2 Å². The fourth-order valence-electron chi connectivity index (χ4n) is 2.61. The van der Waals surface area contributed by atoms with Crippen molar-refractivity contribution in [3.05, 3.63) is 95.6 Å². The molecule has 0 aliphatic rings. The standard InChI is InChI=1S/C21H18O3/c22-14-20(17-9-5-2-6-10-17)19-12-11-18(13-21(19)23)24-15-16-7-3-1-4-8-16/h1-14,20,23H,15H2. The highest BCUT2D eigenvalue weighted by atomic mass is 16.5. The highest BCUT2D eigenvalue weighted by molar-refractivity contribution is 5.70. The first-order chi connectivity index (χ1) is 11.8. The molecule has 0 amide bonds. The van der Waals surface area contributed by atoms with Crippen LogP contribution in [0.4, 0.5) is 0 Å². The van der Waals surface area contributed by atoms with Crippen molar-refractivity contribution < 1.29 is 14.6 Å². The average molecular weight is 318 g/mol. The number of benzene rings is 3. The molecule has 120 valence electrons. The Balaban J connectivity index is 1.78. The highest BCUT2D eigenvalue weighted by Crippen LogP contribution is 2.32. The van der Waals surface area contributed by atoms with Crippen LogP contribution in [0, 0.1) is 0 Å². The second kappa shape index (κ2) is 7.47. The van der Waals surface area contributed by atoms with Gasteiger partial charge in [-0.25, -0.2) is 0 Å². The lowest BCUT2D eigenvalue weighted by atomic mass is 9.92. The van der Waals surface area contributed by atoms with Crippen LogP contribution >= 0.6 is 0 Å². The molecule has 1 N–H and O–H groups in total. The molecule has 0 heterocycles. The fraction of sp³-hybridized carbons (Fsp3) is 0.0952. The molecule has 3 aromatic carbocycles. The smallest absolute Gasteiger partial charge is 0.131 e. The summed E-state index contributed by atoms with van der Waals surface area (Å²) in [7, 11) is 0. The quantitative estimate of drug-likeness (QED) is 0.689. The van der Waals surface area contributed by atoms with Crippen molar-refractivity contribution in [2.24, 2.45) is 0 Å². The summed E-state index contributed by atoms with van der Waals surface area (Å²) < 4.78 is 5.70. The lowest BCUT2D eigenvalue weighted by molar-refractivity contribution is -0.108. The molecule has 0 aromatic heterocycles. The third kappa shape index (κ3) is 3.63. The van der Waals surface area contributed by atoms with Crippen molar-refractivity contribution in [1.29, 1.82) is 0 Å². The summed E-state index contributed by atoms with van der Waals surface area (Å²) in [5.41, 5.74) is 2.47. The molecule has 1 atom stereocenters. The van der Waals surface area contributed by atoms with Crippen LogP contribution in [0.15, 0.2) is 78.9 Å². The number of ether oxygens (including phenoxy) is 1. The average Bonchev–Trinajstić information content (AvgIpc) is 2.64. The van der Waals surface area contributed by atoms with Crippen molar-refractivity contribution in [1.82, 2.24) is 0 Å². The van der Waals surface area contributed by atoms with Gasteiger partial charge in [-0.3, -0.25) is 0 Å². The number of hydrogen-bond acceptors (Lipinski definition) is 3. The number of carbonyl (C=O) groups excluding carboxylic acids is 1. The maximum Gasteiger partial charge on any atom is 0.131 e. The molecule has 3 heteroatoms. The van der Waals surface area contributed by atoms with E-state index in [2.05, 4.69) is 0 Å². The molecule has 3 nitrogen and oxygen atoms in total. The molecule has 0 fully saturated rings. The first-order valence-corrected chi connectivity index (χ1v) is 7.78. The van der Waals surface area contributed by atoms with Gasteiger partial charge in [0, 0.05) is 11.6 Å². The molecule has 0 aliphatic heterocycles. The fourth-order valence-corrected chi connectivity index (χ4v) is 2.61. The van der Waals surface area contributed by atoms with Crippen LogP contribution < -0.4 is 4.74 Å². The molecule has 3 aromatic rings. The third-order valence-corrected chi connectivity index (χ3v) is 3.88. The lowest BCUT2D eigenvalue weighted by Crippen LogP contribution is -2.03. The Morgan fingerprint density at radius 3 is 2.21 bits per heavy atom. The van der Waals surface area contributed by atoms with E-state index in [0.717, 1.165) is 17.4 Å². The molecule has 0 bridgehead atoms. The van der Waals surface area contributed by atoms with E-state index < -0.39 is 5.92 Å². The zero-order valence-corrected chi connectivity index (χ0v) is 13.1. The summed E-state index contributed by atoms with van der Waals surface area (Å²) in [6, 6.07) is 24.3. The molecule has 3 rings (SSSR count). The number of hydrogen-bond donors (Lipinski definition) is 1. The van der Waals surface area contributed by atoms with Crippen LogP contribution in [0.25, 0.3) is 0 Å². The number of aldehydes is 1. The number of rotatable bonds is 6. The van der Waals surface area contributed by atoms with E-state index in [0.29, 0.717) is 17.9 Å². The largest absolute Gasteiger partial charge is 0.507 e. The van der Waals surface area contributed by atoms with Crippen molar-refractivity contribution in [2.75, 3.05) is 0 Å².